The first-order chi connectivity index (χ1) is 9.92. The maximum Gasteiger partial charge on any atom is 0.242 e. The van der Waals surface area contributed by atoms with Gasteiger partial charge in [0.15, 0.2) is 0 Å². The van der Waals surface area contributed by atoms with E-state index >= 15 is 0 Å². The Labute approximate surface area is 124 Å². The summed E-state index contributed by atoms with van der Waals surface area (Å²) in [7, 11) is -1.75. The van der Waals surface area contributed by atoms with Crippen LogP contribution in [0.4, 0.5) is 0 Å². The molecule has 2 heterocycles. The van der Waals surface area contributed by atoms with E-state index in [-0.39, 0.29) is 11.4 Å². The van der Waals surface area contributed by atoms with Gasteiger partial charge < -0.3 is 14.3 Å². The second-order valence-corrected chi connectivity index (χ2v) is 6.51. The van der Waals surface area contributed by atoms with E-state index in [0.717, 1.165) is 12.2 Å². The molecule has 0 atom stereocenters. The van der Waals surface area contributed by atoms with Gasteiger partial charge in [0.05, 0.1) is 17.6 Å². The molecule has 0 spiro atoms. The monoisotopic (exact) mass is 312 g/mol. The third-order valence-electron chi connectivity index (χ3n) is 3.03. The van der Waals surface area contributed by atoms with Crippen LogP contribution in [0.5, 0.6) is 0 Å². The number of oxazole rings is 1. The third kappa shape index (κ3) is 3.93. The van der Waals surface area contributed by atoms with E-state index in [2.05, 4.69) is 15.0 Å². The van der Waals surface area contributed by atoms with Crippen molar-refractivity contribution in [2.75, 3.05) is 6.54 Å². The summed E-state index contributed by atoms with van der Waals surface area (Å²) in [4.78, 5) is 4.20. The highest BCUT2D eigenvalue weighted by atomic mass is 32.2. The molecule has 116 valence electrons. The highest BCUT2D eigenvalue weighted by Gasteiger charge is 2.18. The SMILES string of the molecule is CCNCc1cc(S(=O)(=O)NCc2ncc(C)o2)cn1C. The van der Waals surface area contributed by atoms with E-state index in [4.69, 9.17) is 4.42 Å². The highest BCUT2D eigenvalue weighted by molar-refractivity contribution is 7.89. The Morgan fingerprint density at radius 3 is 2.76 bits per heavy atom. The zero-order valence-electron chi connectivity index (χ0n) is 12.4. The highest BCUT2D eigenvalue weighted by Crippen LogP contribution is 2.14. The number of sulfonamides is 1. The van der Waals surface area contributed by atoms with Gasteiger partial charge in [0.2, 0.25) is 15.9 Å². The molecule has 0 bridgehead atoms. The Morgan fingerprint density at radius 2 is 2.14 bits per heavy atom. The van der Waals surface area contributed by atoms with Crippen molar-refractivity contribution in [2.24, 2.45) is 7.05 Å². The second kappa shape index (κ2) is 6.42. The van der Waals surface area contributed by atoms with Crippen LogP contribution in [0.3, 0.4) is 0 Å². The molecule has 0 amide bonds. The first kappa shape index (κ1) is 15.7. The van der Waals surface area contributed by atoms with Gasteiger partial charge in [-0.15, -0.1) is 0 Å². The lowest BCUT2D eigenvalue weighted by atomic mass is 10.4. The molecule has 0 saturated carbocycles. The second-order valence-electron chi connectivity index (χ2n) is 4.75. The molecule has 2 aromatic rings. The van der Waals surface area contributed by atoms with Crippen LogP contribution in [0.15, 0.2) is 27.8 Å². The summed E-state index contributed by atoms with van der Waals surface area (Å²) in [6.07, 6.45) is 3.15. The largest absolute Gasteiger partial charge is 0.445 e. The zero-order valence-corrected chi connectivity index (χ0v) is 13.2. The minimum absolute atomic E-state index is 0.0353. The molecule has 2 N–H and O–H groups in total. The van der Waals surface area contributed by atoms with Gasteiger partial charge in [-0.2, -0.15) is 0 Å². The Morgan fingerprint density at radius 1 is 1.38 bits per heavy atom. The fraction of sp³-hybridized carbons (Fsp3) is 0.462. The van der Waals surface area contributed by atoms with Crippen LogP contribution in [0.1, 0.15) is 24.3 Å². The molecule has 7 nitrogen and oxygen atoms in total. The summed E-state index contributed by atoms with van der Waals surface area (Å²) in [5.41, 5.74) is 0.907. The van der Waals surface area contributed by atoms with Crippen molar-refractivity contribution in [2.45, 2.75) is 31.8 Å². The maximum absolute atomic E-state index is 12.2. The smallest absolute Gasteiger partial charge is 0.242 e. The van der Waals surface area contributed by atoms with Gasteiger partial charge in [-0.1, -0.05) is 6.92 Å². The summed E-state index contributed by atoms with van der Waals surface area (Å²) >= 11 is 0. The van der Waals surface area contributed by atoms with Crippen molar-refractivity contribution in [3.05, 3.63) is 35.8 Å². The summed E-state index contributed by atoms with van der Waals surface area (Å²) in [6.45, 7) is 5.25. The van der Waals surface area contributed by atoms with Crippen molar-refractivity contribution >= 4 is 10.0 Å². The topological polar surface area (TPSA) is 89.2 Å². The Kier molecular flexibility index (Phi) is 4.81. The average Bonchev–Trinajstić information content (AvgIpc) is 3.01. The van der Waals surface area contributed by atoms with Crippen molar-refractivity contribution in [1.29, 1.82) is 0 Å². The van der Waals surface area contributed by atoms with Gasteiger partial charge in [0, 0.05) is 25.5 Å². The van der Waals surface area contributed by atoms with E-state index in [9.17, 15) is 8.42 Å². The molecular formula is C13H20N4O3S. The molecule has 21 heavy (non-hydrogen) atoms. The normalized spacial score (nSPS) is 12.0. The number of hydrogen-bond donors (Lipinski definition) is 2. The number of aromatic nitrogens is 2. The van der Waals surface area contributed by atoms with Crippen molar-refractivity contribution < 1.29 is 12.8 Å². The molecule has 2 aromatic heterocycles. The first-order valence-corrected chi connectivity index (χ1v) is 8.17. The van der Waals surface area contributed by atoms with Gasteiger partial charge in [-0.25, -0.2) is 18.1 Å². The average molecular weight is 312 g/mol. The standard InChI is InChI=1S/C13H20N4O3S/c1-4-14-7-11-5-12(9-17(11)3)21(18,19)16-8-13-15-6-10(2)20-13/h5-6,9,14,16H,4,7-8H2,1-3H3. The number of nitrogens with one attached hydrogen (secondary N) is 2. The fourth-order valence-corrected chi connectivity index (χ4v) is 2.94. The number of hydrogen-bond acceptors (Lipinski definition) is 5. The molecule has 8 heteroatoms. The zero-order chi connectivity index (χ0) is 15.5. The number of nitrogens with zero attached hydrogens (tertiary/aromatic N) is 2. The van der Waals surface area contributed by atoms with Crippen LogP contribution in [-0.2, 0) is 30.2 Å². The molecule has 0 aromatic carbocycles. The molecule has 0 fully saturated rings. The van der Waals surface area contributed by atoms with Gasteiger partial charge in [0.25, 0.3) is 0 Å². The molecular weight excluding hydrogens is 292 g/mol. The van der Waals surface area contributed by atoms with E-state index in [1.54, 1.807) is 30.0 Å². The van der Waals surface area contributed by atoms with Crippen LogP contribution < -0.4 is 10.0 Å². The lowest BCUT2D eigenvalue weighted by Crippen LogP contribution is -2.23. The number of rotatable bonds is 7. The van der Waals surface area contributed by atoms with Crippen molar-refractivity contribution in [3.63, 3.8) is 0 Å². The lowest BCUT2D eigenvalue weighted by molar-refractivity contribution is 0.463. The van der Waals surface area contributed by atoms with Gasteiger partial charge in [-0.05, 0) is 19.5 Å². The summed E-state index contributed by atoms with van der Waals surface area (Å²) in [5.74, 6) is 0.997. The van der Waals surface area contributed by atoms with E-state index in [1.165, 1.54) is 0 Å². The molecule has 0 aliphatic carbocycles. The van der Waals surface area contributed by atoms with E-state index in [1.807, 2.05) is 14.0 Å². The fourth-order valence-electron chi connectivity index (χ4n) is 1.88. The molecule has 0 aliphatic heterocycles. The first-order valence-electron chi connectivity index (χ1n) is 6.69. The minimum Gasteiger partial charge on any atom is -0.445 e. The molecule has 0 saturated heterocycles. The van der Waals surface area contributed by atoms with Crippen LogP contribution in [-0.4, -0.2) is 24.5 Å². The summed E-state index contributed by atoms with van der Waals surface area (Å²) < 4.78 is 34.0. The lowest BCUT2D eigenvalue weighted by Gasteiger charge is -2.02. The van der Waals surface area contributed by atoms with Crippen LogP contribution in [0.25, 0.3) is 0 Å². The Hall–Kier alpha value is -1.64. The van der Waals surface area contributed by atoms with Gasteiger partial charge in [0.1, 0.15) is 5.76 Å². The minimum atomic E-state index is -3.57. The van der Waals surface area contributed by atoms with Crippen LogP contribution in [0, 0.1) is 6.92 Å². The van der Waals surface area contributed by atoms with Crippen LogP contribution in [0.2, 0.25) is 0 Å². The van der Waals surface area contributed by atoms with Crippen LogP contribution >= 0.6 is 0 Å². The summed E-state index contributed by atoms with van der Waals surface area (Å²) in [5, 5.41) is 3.17. The summed E-state index contributed by atoms with van der Waals surface area (Å²) in [6, 6.07) is 1.66. The van der Waals surface area contributed by atoms with Crippen molar-refractivity contribution in [3.8, 4) is 0 Å². The molecule has 2 rings (SSSR count). The number of aryl methyl sites for hydroxylation is 2. The Bertz CT molecular complexity index is 703. The maximum atomic E-state index is 12.2. The van der Waals surface area contributed by atoms with E-state index in [0.29, 0.717) is 18.2 Å². The van der Waals surface area contributed by atoms with Crippen molar-refractivity contribution in [1.82, 2.24) is 19.6 Å². The quantitative estimate of drug-likeness (QED) is 0.793. The van der Waals surface area contributed by atoms with Gasteiger partial charge in [-0.3, -0.25) is 0 Å². The molecule has 0 unspecified atom stereocenters. The van der Waals surface area contributed by atoms with Gasteiger partial charge >= 0.3 is 0 Å². The molecule has 0 aliphatic rings. The Balaban J connectivity index is 2.08. The van der Waals surface area contributed by atoms with E-state index < -0.39 is 10.0 Å². The third-order valence-corrected chi connectivity index (χ3v) is 4.40. The predicted molar refractivity (Wildman–Crippen MR) is 78.1 cm³/mol. The predicted octanol–water partition coefficient (Wildman–Crippen LogP) is 0.910. The molecule has 0 radical (unpaired) electrons.